The van der Waals surface area contributed by atoms with Crippen LogP contribution in [0.1, 0.15) is 6.92 Å². The van der Waals surface area contributed by atoms with Gasteiger partial charge in [-0.1, -0.05) is 6.92 Å². The summed E-state index contributed by atoms with van der Waals surface area (Å²) in [5.41, 5.74) is 0.289. The van der Waals surface area contributed by atoms with Crippen molar-refractivity contribution in [2.75, 3.05) is 45.4 Å². The number of nitrogens with zero attached hydrogens (tertiary/aromatic N) is 1. The number of ether oxygens (including phenoxy) is 1. The smallest absolute Gasteiger partial charge is 0.191 e. The lowest BCUT2D eigenvalue weighted by atomic mass is 9.89. The Bertz CT molecular complexity index is 217. The molecule has 0 aromatic heterocycles. The van der Waals surface area contributed by atoms with Gasteiger partial charge >= 0.3 is 0 Å². The first-order valence-corrected chi connectivity index (χ1v) is 6.61. The third-order valence-electron chi connectivity index (χ3n) is 2.41. The van der Waals surface area contributed by atoms with Crippen LogP contribution in [-0.4, -0.2) is 51.3 Å². The molecule has 1 saturated heterocycles. The highest BCUT2D eigenvalue weighted by atomic mass is 32.2. The number of nitrogens with one attached hydrogen (secondary N) is 2. The van der Waals surface area contributed by atoms with E-state index in [9.17, 15) is 0 Å². The van der Waals surface area contributed by atoms with Crippen LogP contribution in [0.3, 0.4) is 0 Å². The van der Waals surface area contributed by atoms with Gasteiger partial charge in [0.1, 0.15) is 0 Å². The largest absolute Gasteiger partial charge is 0.380 e. The molecule has 88 valence electrons. The molecule has 1 fully saturated rings. The molecule has 5 heteroatoms. The van der Waals surface area contributed by atoms with Crippen molar-refractivity contribution in [2.24, 2.45) is 10.4 Å². The van der Waals surface area contributed by atoms with E-state index in [2.05, 4.69) is 28.8 Å². The van der Waals surface area contributed by atoms with Gasteiger partial charge in [0.2, 0.25) is 0 Å². The van der Waals surface area contributed by atoms with Crippen molar-refractivity contribution >= 4 is 17.7 Å². The maximum atomic E-state index is 5.20. The molecule has 1 aliphatic heterocycles. The quantitative estimate of drug-likeness (QED) is 0.412. The fraction of sp³-hybridized carbons (Fsp3) is 0.900. The van der Waals surface area contributed by atoms with Gasteiger partial charge in [-0.3, -0.25) is 4.99 Å². The number of hydrogen-bond acceptors (Lipinski definition) is 3. The van der Waals surface area contributed by atoms with E-state index in [0.717, 1.165) is 38.0 Å². The van der Waals surface area contributed by atoms with Gasteiger partial charge in [0.15, 0.2) is 5.96 Å². The van der Waals surface area contributed by atoms with Crippen LogP contribution >= 0.6 is 11.8 Å². The van der Waals surface area contributed by atoms with E-state index in [1.807, 2.05) is 11.8 Å². The summed E-state index contributed by atoms with van der Waals surface area (Å²) in [5.74, 6) is 1.98. The topological polar surface area (TPSA) is 45.7 Å². The maximum Gasteiger partial charge on any atom is 0.191 e. The Morgan fingerprint density at radius 2 is 2.20 bits per heavy atom. The molecule has 15 heavy (non-hydrogen) atoms. The van der Waals surface area contributed by atoms with Crippen LogP contribution in [0.5, 0.6) is 0 Å². The number of thioether (sulfide) groups is 1. The Kier molecular flexibility index (Phi) is 5.25. The van der Waals surface area contributed by atoms with E-state index in [0.29, 0.717) is 0 Å². The molecule has 0 aromatic rings. The highest BCUT2D eigenvalue weighted by Gasteiger charge is 2.33. The highest BCUT2D eigenvalue weighted by molar-refractivity contribution is 7.98. The lowest BCUT2D eigenvalue weighted by Gasteiger charge is -2.38. The zero-order valence-corrected chi connectivity index (χ0v) is 10.6. The Labute approximate surface area is 96.2 Å². The van der Waals surface area contributed by atoms with Crippen molar-refractivity contribution in [3.8, 4) is 0 Å². The van der Waals surface area contributed by atoms with E-state index in [4.69, 9.17) is 4.74 Å². The van der Waals surface area contributed by atoms with E-state index in [1.54, 1.807) is 7.05 Å². The molecule has 1 aliphatic rings. The molecule has 0 unspecified atom stereocenters. The number of guanidine groups is 1. The van der Waals surface area contributed by atoms with Gasteiger partial charge in [-0.15, -0.1) is 0 Å². The molecule has 0 bridgehead atoms. The zero-order valence-electron chi connectivity index (χ0n) is 9.80. The van der Waals surface area contributed by atoms with Crippen molar-refractivity contribution in [3.05, 3.63) is 0 Å². The second kappa shape index (κ2) is 6.23. The van der Waals surface area contributed by atoms with Crippen molar-refractivity contribution in [2.45, 2.75) is 6.92 Å². The van der Waals surface area contributed by atoms with E-state index < -0.39 is 0 Å². The summed E-state index contributed by atoms with van der Waals surface area (Å²) in [6.07, 6.45) is 2.10. The number of rotatable bonds is 5. The molecule has 4 nitrogen and oxygen atoms in total. The van der Waals surface area contributed by atoms with Gasteiger partial charge in [-0.05, 0) is 6.26 Å². The van der Waals surface area contributed by atoms with Crippen molar-refractivity contribution in [1.29, 1.82) is 0 Å². The first-order chi connectivity index (χ1) is 7.20. The Morgan fingerprint density at radius 1 is 1.47 bits per heavy atom. The monoisotopic (exact) mass is 231 g/mol. The van der Waals surface area contributed by atoms with Gasteiger partial charge in [-0.25, -0.2) is 0 Å². The SMILES string of the molecule is CN=C(NCCSC)NCC1(C)COC1. The summed E-state index contributed by atoms with van der Waals surface area (Å²) >= 11 is 1.83. The van der Waals surface area contributed by atoms with Crippen LogP contribution in [0, 0.1) is 5.41 Å². The van der Waals surface area contributed by atoms with Crippen molar-refractivity contribution < 1.29 is 4.74 Å². The second-order valence-electron chi connectivity index (χ2n) is 4.15. The molecule has 1 rings (SSSR count). The fourth-order valence-electron chi connectivity index (χ4n) is 1.34. The molecule has 0 spiro atoms. The minimum absolute atomic E-state index is 0.289. The number of hydrogen-bond donors (Lipinski definition) is 2. The van der Waals surface area contributed by atoms with Crippen molar-refractivity contribution in [1.82, 2.24) is 10.6 Å². The van der Waals surface area contributed by atoms with Crippen molar-refractivity contribution in [3.63, 3.8) is 0 Å². The summed E-state index contributed by atoms with van der Waals surface area (Å²) in [6, 6.07) is 0. The average Bonchev–Trinajstić information content (AvgIpc) is 2.20. The molecule has 0 saturated carbocycles. The van der Waals surface area contributed by atoms with Crippen LogP contribution in [0.25, 0.3) is 0 Å². The standard InChI is InChI=1S/C10H21N3OS/c1-10(7-14-8-10)6-13-9(11-2)12-4-5-15-3/h4-8H2,1-3H3,(H2,11,12,13). The van der Waals surface area contributed by atoms with Crippen LogP contribution in [-0.2, 0) is 4.74 Å². The molecule has 2 N–H and O–H groups in total. The lowest BCUT2D eigenvalue weighted by Crippen LogP contribution is -2.51. The molecule has 1 heterocycles. The van der Waals surface area contributed by atoms with E-state index in [1.165, 1.54) is 0 Å². The van der Waals surface area contributed by atoms with Gasteiger partial charge in [-0.2, -0.15) is 11.8 Å². The molecule has 0 atom stereocenters. The summed E-state index contributed by atoms with van der Waals surface area (Å²) in [6.45, 7) is 5.79. The highest BCUT2D eigenvalue weighted by Crippen LogP contribution is 2.24. The predicted molar refractivity (Wildman–Crippen MR) is 66.7 cm³/mol. The lowest BCUT2D eigenvalue weighted by molar-refractivity contribution is -0.0971. The van der Waals surface area contributed by atoms with E-state index in [-0.39, 0.29) is 5.41 Å². The summed E-state index contributed by atoms with van der Waals surface area (Å²) < 4.78 is 5.20. The summed E-state index contributed by atoms with van der Waals surface area (Å²) in [4.78, 5) is 4.17. The van der Waals surface area contributed by atoms with Crippen LogP contribution < -0.4 is 10.6 Å². The normalized spacial score (nSPS) is 19.5. The molecule has 0 aromatic carbocycles. The first-order valence-electron chi connectivity index (χ1n) is 5.21. The maximum absolute atomic E-state index is 5.20. The molecule has 0 amide bonds. The van der Waals surface area contributed by atoms with Gasteiger partial charge in [0.05, 0.1) is 13.2 Å². The molecular weight excluding hydrogens is 210 g/mol. The van der Waals surface area contributed by atoms with Gasteiger partial charge < -0.3 is 15.4 Å². The van der Waals surface area contributed by atoms with Gasteiger partial charge in [0, 0.05) is 31.3 Å². The summed E-state index contributed by atoms with van der Waals surface area (Å²) in [7, 11) is 1.80. The Hall–Kier alpha value is -0.420. The van der Waals surface area contributed by atoms with Crippen LogP contribution in [0.4, 0.5) is 0 Å². The average molecular weight is 231 g/mol. The second-order valence-corrected chi connectivity index (χ2v) is 5.13. The molecular formula is C10H21N3OS. The zero-order chi connectivity index (χ0) is 11.1. The number of aliphatic imine (C=N–C) groups is 1. The Morgan fingerprint density at radius 3 is 2.67 bits per heavy atom. The van der Waals surface area contributed by atoms with Gasteiger partial charge in [0.25, 0.3) is 0 Å². The van der Waals surface area contributed by atoms with Crippen LogP contribution in [0.2, 0.25) is 0 Å². The van der Waals surface area contributed by atoms with Crippen LogP contribution in [0.15, 0.2) is 4.99 Å². The minimum atomic E-state index is 0.289. The first kappa shape index (κ1) is 12.6. The molecule has 0 radical (unpaired) electrons. The third-order valence-corrected chi connectivity index (χ3v) is 3.02. The third kappa shape index (κ3) is 4.30. The molecule has 0 aliphatic carbocycles. The summed E-state index contributed by atoms with van der Waals surface area (Å²) in [5, 5.41) is 6.59. The Balaban J connectivity index is 2.16. The minimum Gasteiger partial charge on any atom is -0.380 e. The predicted octanol–water partition coefficient (Wildman–Crippen LogP) is 0.551. The van der Waals surface area contributed by atoms with E-state index >= 15 is 0 Å². The fourth-order valence-corrected chi connectivity index (χ4v) is 1.65.